The van der Waals surface area contributed by atoms with Crippen LogP contribution in [0, 0.1) is 0 Å². The van der Waals surface area contributed by atoms with E-state index in [2.05, 4.69) is 20.8 Å². The first-order chi connectivity index (χ1) is 12.1. The van der Waals surface area contributed by atoms with Gasteiger partial charge in [-0.05, 0) is 35.0 Å². The van der Waals surface area contributed by atoms with Crippen molar-refractivity contribution in [2.75, 3.05) is 5.32 Å². The first-order valence-electron chi connectivity index (χ1n) is 7.50. The molecule has 2 N–H and O–H groups in total. The molecule has 0 saturated heterocycles. The lowest BCUT2D eigenvalue weighted by molar-refractivity contribution is 0.0997. The van der Waals surface area contributed by atoms with E-state index in [1.54, 1.807) is 6.07 Å². The van der Waals surface area contributed by atoms with Crippen molar-refractivity contribution in [3.63, 3.8) is 0 Å². The molecule has 0 unspecified atom stereocenters. The van der Waals surface area contributed by atoms with Crippen LogP contribution in [0.4, 0.5) is 5.69 Å². The van der Waals surface area contributed by atoms with Gasteiger partial charge in [-0.1, -0.05) is 36.4 Å². The molecule has 0 bridgehead atoms. The zero-order valence-electron chi connectivity index (χ0n) is 13.4. The van der Waals surface area contributed by atoms with Crippen molar-refractivity contribution < 1.29 is 14.7 Å². The number of rotatable bonds is 5. The second kappa shape index (κ2) is 6.91. The van der Waals surface area contributed by atoms with Crippen LogP contribution < -0.4 is 5.32 Å². The highest BCUT2D eigenvalue weighted by Crippen LogP contribution is 2.28. The van der Waals surface area contributed by atoms with Crippen molar-refractivity contribution in [3.05, 3.63) is 65.5 Å². The molecule has 0 aliphatic carbocycles. The number of aromatic hydroxyl groups is 1. The van der Waals surface area contributed by atoms with E-state index in [4.69, 9.17) is 0 Å². The van der Waals surface area contributed by atoms with Gasteiger partial charge in [0.2, 0.25) is 5.82 Å². The fraction of sp³-hybridized carbons (Fsp3) is 0.118. The number of hydrogen-bond acceptors (Lipinski definition) is 6. The predicted molar refractivity (Wildman–Crippen MR) is 89.4 cm³/mol. The summed E-state index contributed by atoms with van der Waals surface area (Å²) in [6.45, 7) is 1.66. The third kappa shape index (κ3) is 3.52. The molecule has 0 saturated carbocycles. The van der Waals surface area contributed by atoms with E-state index in [0.29, 0.717) is 6.54 Å². The number of nitrogens with zero attached hydrogens (tertiary/aromatic N) is 4. The van der Waals surface area contributed by atoms with Crippen molar-refractivity contribution >= 4 is 17.4 Å². The van der Waals surface area contributed by atoms with Crippen LogP contribution in [0.15, 0.2) is 48.5 Å². The average Bonchev–Trinajstić information content (AvgIpc) is 3.05. The Labute approximate surface area is 143 Å². The molecule has 0 fully saturated rings. The van der Waals surface area contributed by atoms with Gasteiger partial charge in [0, 0.05) is 0 Å². The Balaban J connectivity index is 1.83. The number of amides is 1. The molecule has 3 aromatic rings. The first kappa shape index (κ1) is 16.3. The third-order valence-corrected chi connectivity index (χ3v) is 3.57. The summed E-state index contributed by atoms with van der Waals surface area (Å²) in [5.74, 6) is -1.18. The maximum atomic E-state index is 12.4. The highest BCUT2D eigenvalue weighted by molar-refractivity contribution is 6.05. The van der Waals surface area contributed by atoms with E-state index in [9.17, 15) is 14.7 Å². The van der Waals surface area contributed by atoms with E-state index in [1.165, 1.54) is 23.7 Å². The predicted octanol–water partition coefficient (Wildman–Crippen LogP) is 1.88. The molecule has 25 heavy (non-hydrogen) atoms. The van der Waals surface area contributed by atoms with Gasteiger partial charge in [0.1, 0.15) is 5.75 Å². The minimum absolute atomic E-state index is 0.00326. The van der Waals surface area contributed by atoms with Crippen molar-refractivity contribution in [1.29, 1.82) is 0 Å². The summed E-state index contributed by atoms with van der Waals surface area (Å²) in [6, 6.07) is 14.0. The number of tetrazole rings is 1. The Morgan fingerprint density at radius 1 is 1.12 bits per heavy atom. The Morgan fingerprint density at radius 2 is 1.88 bits per heavy atom. The van der Waals surface area contributed by atoms with E-state index >= 15 is 0 Å². The van der Waals surface area contributed by atoms with Crippen LogP contribution in [0.3, 0.4) is 0 Å². The molecule has 8 nitrogen and oxygen atoms in total. The van der Waals surface area contributed by atoms with Gasteiger partial charge in [-0.25, -0.2) is 4.68 Å². The van der Waals surface area contributed by atoms with E-state index < -0.39 is 5.91 Å². The summed E-state index contributed by atoms with van der Waals surface area (Å²) in [5, 5.41) is 23.7. The second-order valence-electron chi connectivity index (χ2n) is 5.36. The summed E-state index contributed by atoms with van der Waals surface area (Å²) in [7, 11) is 0. The summed E-state index contributed by atoms with van der Waals surface area (Å²) in [4.78, 5) is 23.9. The van der Waals surface area contributed by atoms with Crippen LogP contribution >= 0.6 is 0 Å². The van der Waals surface area contributed by atoms with Gasteiger partial charge < -0.3 is 10.4 Å². The molecule has 1 heterocycles. The number of anilines is 1. The maximum Gasteiger partial charge on any atom is 0.295 e. The molecule has 126 valence electrons. The Bertz CT molecular complexity index is 921. The highest BCUT2D eigenvalue weighted by Gasteiger charge is 2.19. The van der Waals surface area contributed by atoms with Crippen molar-refractivity contribution in [1.82, 2.24) is 20.2 Å². The number of nitrogens with one attached hydrogen (secondary N) is 1. The van der Waals surface area contributed by atoms with E-state index in [0.717, 1.165) is 5.56 Å². The van der Waals surface area contributed by atoms with E-state index in [-0.39, 0.29) is 28.6 Å². The number of carbonyl (C=O) groups is 2. The highest BCUT2D eigenvalue weighted by atomic mass is 16.3. The normalized spacial score (nSPS) is 10.4. The van der Waals surface area contributed by atoms with Crippen LogP contribution in [0.1, 0.15) is 33.5 Å². The lowest BCUT2D eigenvalue weighted by Gasteiger charge is -2.09. The standard InChI is InChI=1S/C17H15N5O3/c1-11(23)13-8-5-9-14(15(13)24)18-17(25)16-19-20-21-22(16)10-12-6-3-2-4-7-12/h2-9,24H,10H2,1H3,(H,18,25). The molecule has 0 atom stereocenters. The Kier molecular flexibility index (Phi) is 4.51. The van der Waals surface area contributed by atoms with Crippen LogP contribution in [0.5, 0.6) is 5.75 Å². The topological polar surface area (TPSA) is 110 Å². The van der Waals surface area contributed by atoms with Crippen molar-refractivity contribution in [2.45, 2.75) is 13.5 Å². The third-order valence-electron chi connectivity index (χ3n) is 3.57. The summed E-state index contributed by atoms with van der Waals surface area (Å²) in [5.41, 5.74) is 1.18. The molecule has 1 aromatic heterocycles. The molecule has 0 radical (unpaired) electrons. The number of phenolic OH excluding ortho intramolecular Hbond substituents is 1. The lowest BCUT2D eigenvalue weighted by Crippen LogP contribution is -2.19. The quantitative estimate of drug-likeness (QED) is 0.543. The van der Waals surface area contributed by atoms with Gasteiger partial charge in [0.25, 0.3) is 5.91 Å². The van der Waals surface area contributed by atoms with Gasteiger partial charge >= 0.3 is 0 Å². The Hall–Kier alpha value is -3.55. The molecule has 8 heteroatoms. The number of ketones is 1. The first-order valence-corrected chi connectivity index (χ1v) is 7.50. The van der Waals surface area contributed by atoms with Crippen molar-refractivity contribution in [3.8, 4) is 5.75 Å². The largest absolute Gasteiger partial charge is 0.505 e. The van der Waals surface area contributed by atoms with Gasteiger partial charge in [-0.3, -0.25) is 9.59 Å². The molecule has 0 aliphatic rings. The molecular weight excluding hydrogens is 322 g/mol. The fourth-order valence-electron chi connectivity index (χ4n) is 2.34. The van der Waals surface area contributed by atoms with Crippen LogP contribution in [-0.4, -0.2) is 37.0 Å². The monoisotopic (exact) mass is 337 g/mol. The number of hydrogen-bond donors (Lipinski definition) is 2. The molecule has 0 aliphatic heterocycles. The summed E-state index contributed by atoms with van der Waals surface area (Å²) < 4.78 is 1.36. The SMILES string of the molecule is CC(=O)c1cccc(NC(=O)c2nnnn2Cc2ccccc2)c1O. The molecule has 0 spiro atoms. The number of benzene rings is 2. The maximum absolute atomic E-state index is 12.4. The van der Waals surface area contributed by atoms with Gasteiger partial charge in [0.05, 0.1) is 17.8 Å². The van der Waals surface area contributed by atoms with Gasteiger partial charge in [-0.2, -0.15) is 0 Å². The molecular formula is C17H15N5O3. The molecule has 3 rings (SSSR count). The minimum atomic E-state index is -0.586. The Morgan fingerprint density at radius 3 is 2.60 bits per heavy atom. The number of carbonyl (C=O) groups excluding carboxylic acids is 2. The summed E-state index contributed by atoms with van der Waals surface area (Å²) >= 11 is 0. The molecule has 1 amide bonds. The zero-order chi connectivity index (χ0) is 17.8. The fourth-order valence-corrected chi connectivity index (χ4v) is 2.34. The van der Waals surface area contributed by atoms with Crippen molar-refractivity contribution in [2.24, 2.45) is 0 Å². The molecule has 2 aromatic carbocycles. The van der Waals surface area contributed by atoms with Gasteiger partial charge in [-0.15, -0.1) is 5.10 Å². The van der Waals surface area contributed by atoms with Crippen LogP contribution in [0.2, 0.25) is 0 Å². The number of phenols is 1. The number of para-hydroxylation sites is 1. The summed E-state index contributed by atoms with van der Waals surface area (Å²) in [6.07, 6.45) is 0. The number of aromatic nitrogens is 4. The van der Waals surface area contributed by atoms with Gasteiger partial charge in [0.15, 0.2) is 5.78 Å². The average molecular weight is 337 g/mol. The zero-order valence-corrected chi connectivity index (χ0v) is 13.4. The van der Waals surface area contributed by atoms with Crippen LogP contribution in [0.25, 0.3) is 0 Å². The number of Topliss-reactive ketones (excluding diaryl/α,β-unsaturated/α-hetero) is 1. The lowest BCUT2D eigenvalue weighted by atomic mass is 10.1. The van der Waals surface area contributed by atoms with E-state index in [1.807, 2.05) is 30.3 Å². The second-order valence-corrected chi connectivity index (χ2v) is 5.36. The minimum Gasteiger partial charge on any atom is -0.505 e. The van der Waals surface area contributed by atoms with Crippen LogP contribution in [-0.2, 0) is 6.54 Å². The smallest absolute Gasteiger partial charge is 0.295 e.